The molecule has 5 heteroatoms. The van der Waals surface area contributed by atoms with Gasteiger partial charge in [-0.2, -0.15) is 0 Å². The first kappa shape index (κ1) is 16.3. The maximum Gasteiger partial charge on any atom is 0.262 e. The topological polar surface area (TPSA) is 58.2 Å². The van der Waals surface area contributed by atoms with Gasteiger partial charge in [-0.3, -0.25) is 9.59 Å². The lowest BCUT2D eigenvalue weighted by Gasteiger charge is -2.17. The number of hydrogen-bond donors (Lipinski definition) is 2. The van der Waals surface area contributed by atoms with E-state index in [1.165, 1.54) is 29.0 Å². The summed E-state index contributed by atoms with van der Waals surface area (Å²) in [6.45, 7) is 2.58. The molecule has 2 aromatic rings. The molecule has 1 aliphatic rings. The number of carbonyl (C=O) groups excluding carboxylic acids is 2. The Morgan fingerprint density at radius 3 is 2.88 bits per heavy atom. The summed E-state index contributed by atoms with van der Waals surface area (Å²) < 4.78 is 0. The van der Waals surface area contributed by atoms with Gasteiger partial charge in [0.05, 0.1) is 10.6 Å². The Labute approximate surface area is 145 Å². The second-order valence-corrected chi connectivity index (χ2v) is 6.67. The van der Waals surface area contributed by atoms with E-state index in [9.17, 15) is 9.59 Å². The van der Waals surface area contributed by atoms with Crippen molar-refractivity contribution in [2.75, 3.05) is 11.9 Å². The molecule has 0 saturated heterocycles. The molecule has 3 rings (SSSR count). The van der Waals surface area contributed by atoms with Gasteiger partial charge in [0, 0.05) is 17.5 Å². The van der Waals surface area contributed by atoms with Crippen LogP contribution in [0.25, 0.3) is 0 Å². The van der Waals surface area contributed by atoms with Crippen LogP contribution < -0.4 is 10.6 Å². The van der Waals surface area contributed by atoms with Gasteiger partial charge in [-0.05, 0) is 31.0 Å². The molecular weight excluding hydrogens is 320 g/mol. The molecule has 0 aromatic heterocycles. The van der Waals surface area contributed by atoms with Crippen molar-refractivity contribution < 1.29 is 9.59 Å². The van der Waals surface area contributed by atoms with Crippen molar-refractivity contribution in [1.82, 2.24) is 5.32 Å². The lowest BCUT2D eigenvalue weighted by atomic mass is 10.1. The van der Waals surface area contributed by atoms with Gasteiger partial charge < -0.3 is 10.6 Å². The monoisotopic (exact) mass is 338 g/mol. The standard InChI is InChI=1S/C19H18N2O2S/c1-13-5-4-6-14(11-13)9-10-20-18(22)12-17-19(23)21-15-7-2-3-8-16(15)24-17/h2-8,11-12H,9-10H2,1H3,(H,20,22)(H,21,23)/b17-12-. The molecule has 0 unspecified atom stereocenters. The molecule has 0 saturated carbocycles. The molecule has 4 nitrogen and oxygen atoms in total. The number of nitrogens with one attached hydrogen (secondary N) is 2. The lowest BCUT2D eigenvalue weighted by Crippen LogP contribution is -2.26. The van der Waals surface area contributed by atoms with Gasteiger partial charge in [0.15, 0.2) is 0 Å². The zero-order valence-corrected chi connectivity index (χ0v) is 14.2. The second-order valence-electron chi connectivity index (χ2n) is 5.59. The van der Waals surface area contributed by atoms with Gasteiger partial charge in [0.2, 0.25) is 5.91 Å². The van der Waals surface area contributed by atoms with Crippen molar-refractivity contribution >= 4 is 29.3 Å². The van der Waals surface area contributed by atoms with Gasteiger partial charge in [0.1, 0.15) is 0 Å². The van der Waals surface area contributed by atoms with E-state index in [2.05, 4.69) is 16.7 Å². The van der Waals surface area contributed by atoms with Crippen LogP contribution in [0.15, 0.2) is 64.4 Å². The Balaban J connectivity index is 1.58. The highest BCUT2D eigenvalue weighted by molar-refractivity contribution is 8.04. The number of anilines is 1. The van der Waals surface area contributed by atoms with E-state index in [0.717, 1.165) is 17.0 Å². The van der Waals surface area contributed by atoms with E-state index in [1.807, 2.05) is 49.4 Å². The summed E-state index contributed by atoms with van der Waals surface area (Å²) in [5, 5.41) is 5.63. The SMILES string of the molecule is Cc1cccc(CCNC(=O)/C=C2\Sc3ccccc3NC2=O)c1. The van der Waals surface area contributed by atoms with E-state index in [4.69, 9.17) is 0 Å². The van der Waals surface area contributed by atoms with E-state index in [1.54, 1.807) is 0 Å². The molecule has 2 amide bonds. The molecule has 2 aromatic carbocycles. The van der Waals surface area contributed by atoms with Crippen molar-refractivity contribution in [3.8, 4) is 0 Å². The molecule has 0 bridgehead atoms. The maximum absolute atomic E-state index is 12.0. The van der Waals surface area contributed by atoms with Crippen LogP contribution in [0, 0.1) is 6.92 Å². The predicted molar refractivity (Wildman–Crippen MR) is 96.9 cm³/mol. The fraction of sp³-hybridized carbons (Fsp3) is 0.158. The van der Waals surface area contributed by atoms with Crippen LogP contribution >= 0.6 is 11.8 Å². The van der Waals surface area contributed by atoms with Gasteiger partial charge in [0.25, 0.3) is 5.91 Å². The average molecular weight is 338 g/mol. The minimum Gasteiger partial charge on any atom is -0.352 e. The molecule has 24 heavy (non-hydrogen) atoms. The summed E-state index contributed by atoms with van der Waals surface area (Å²) in [6.07, 6.45) is 2.13. The third kappa shape index (κ3) is 4.06. The zero-order valence-electron chi connectivity index (χ0n) is 13.3. The van der Waals surface area contributed by atoms with E-state index in [0.29, 0.717) is 11.4 Å². The molecule has 0 spiro atoms. The minimum atomic E-state index is -0.250. The van der Waals surface area contributed by atoms with Crippen molar-refractivity contribution in [2.45, 2.75) is 18.2 Å². The number of benzene rings is 2. The number of carbonyl (C=O) groups is 2. The Kier molecular flexibility index (Phi) is 5.01. The Morgan fingerprint density at radius 1 is 1.21 bits per heavy atom. The second kappa shape index (κ2) is 7.36. The van der Waals surface area contributed by atoms with Crippen LogP contribution in [-0.2, 0) is 16.0 Å². The lowest BCUT2D eigenvalue weighted by molar-refractivity contribution is -0.117. The third-order valence-electron chi connectivity index (χ3n) is 3.64. The smallest absolute Gasteiger partial charge is 0.262 e. The summed E-state index contributed by atoms with van der Waals surface area (Å²) in [6, 6.07) is 15.7. The molecule has 0 radical (unpaired) electrons. The van der Waals surface area contributed by atoms with Gasteiger partial charge in [-0.25, -0.2) is 0 Å². The molecule has 0 atom stereocenters. The van der Waals surface area contributed by atoms with E-state index >= 15 is 0 Å². The number of hydrogen-bond acceptors (Lipinski definition) is 3. The van der Waals surface area contributed by atoms with Crippen molar-refractivity contribution in [1.29, 1.82) is 0 Å². The summed E-state index contributed by atoms with van der Waals surface area (Å²) in [7, 11) is 0. The quantitative estimate of drug-likeness (QED) is 0.841. The number of para-hydroxylation sites is 1. The van der Waals surface area contributed by atoms with Crippen LogP contribution in [-0.4, -0.2) is 18.4 Å². The Hall–Kier alpha value is -2.53. The van der Waals surface area contributed by atoms with Crippen LogP contribution in [0.5, 0.6) is 0 Å². The maximum atomic E-state index is 12.0. The van der Waals surface area contributed by atoms with Crippen LogP contribution in [0.2, 0.25) is 0 Å². The molecular formula is C19H18N2O2S. The van der Waals surface area contributed by atoms with E-state index in [-0.39, 0.29) is 11.8 Å². The molecule has 1 heterocycles. The van der Waals surface area contributed by atoms with Crippen LogP contribution in [0.1, 0.15) is 11.1 Å². The Morgan fingerprint density at radius 2 is 2.04 bits per heavy atom. The number of rotatable bonds is 4. The molecule has 0 aliphatic carbocycles. The largest absolute Gasteiger partial charge is 0.352 e. The highest BCUT2D eigenvalue weighted by Crippen LogP contribution is 2.37. The number of thioether (sulfide) groups is 1. The van der Waals surface area contributed by atoms with Gasteiger partial charge >= 0.3 is 0 Å². The first-order valence-corrected chi connectivity index (χ1v) is 8.57. The third-order valence-corrected chi connectivity index (χ3v) is 4.74. The minimum absolute atomic E-state index is 0.243. The van der Waals surface area contributed by atoms with E-state index < -0.39 is 0 Å². The van der Waals surface area contributed by atoms with Gasteiger partial charge in [-0.1, -0.05) is 53.7 Å². The highest BCUT2D eigenvalue weighted by Gasteiger charge is 2.21. The number of aryl methyl sites for hydroxylation is 1. The van der Waals surface area contributed by atoms with Crippen LogP contribution in [0.3, 0.4) is 0 Å². The highest BCUT2D eigenvalue weighted by atomic mass is 32.2. The Bertz CT molecular complexity index is 815. The predicted octanol–water partition coefficient (Wildman–Crippen LogP) is 3.28. The fourth-order valence-corrected chi connectivity index (χ4v) is 3.39. The van der Waals surface area contributed by atoms with Gasteiger partial charge in [-0.15, -0.1) is 0 Å². The van der Waals surface area contributed by atoms with Crippen molar-refractivity contribution in [3.63, 3.8) is 0 Å². The van der Waals surface area contributed by atoms with Crippen LogP contribution in [0.4, 0.5) is 5.69 Å². The molecule has 1 aliphatic heterocycles. The molecule has 2 N–H and O–H groups in total. The zero-order chi connectivity index (χ0) is 16.9. The first-order chi connectivity index (χ1) is 11.6. The summed E-state index contributed by atoms with van der Waals surface area (Å²) >= 11 is 1.31. The molecule has 0 fully saturated rings. The fourth-order valence-electron chi connectivity index (χ4n) is 2.47. The first-order valence-electron chi connectivity index (χ1n) is 7.75. The normalized spacial score (nSPS) is 14.9. The van der Waals surface area contributed by atoms with Crippen molar-refractivity contribution in [2.24, 2.45) is 0 Å². The summed E-state index contributed by atoms with van der Waals surface area (Å²) in [5.74, 6) is -0.493. The van der Waals surface area contributed by atoms with Crippen molar-refractivity contribution in [3.05, 3.63) is 70.6 Å². The average Bonchev–Trinajstić information content (AvgIpc) is 2.55. The number of fused-ring (bicyclic) bond motifs is 1. The summed E-state index contributed by atoms with van der Waals surface area (Å²) in [4.78, 5) is 25.4. The molecule has 122 valence electrons. The summed E-state index contributed by atoms with van der Waals surface area (Å²) in [5.41, 5.74) is 3.17. The number of amides is 2.